The molecule has 184 valence electrons. The molecule has 0 amide bonds. The molecular weight excluding hydrogens is 480 g/mol. The zero-order valence-electron chi connectivity index (χ0n) is 21.9. The second-order valence-electron chi connectivity index (χ2n) is 11.0. The average Bonchev–Trinajstić information content (AvgIpc) is 3.33. The molecule has 0 radical (unpaired) electrons. The van der Waals surface area contributed by atoms with Gasteiger partial charge >= 0.3 is 0 Å². The molecule has 8 aromatic carbocycles. The lowest BCUT2D eigenvalue weighted by Crippen LogP contribution is -1.85. The lowest BCUT2D eigenvalue weighted by molar-refractivity contribution is 1.66. The molecule has 8 aromatic rings. The van der Waals surface area contributed by atoms with Gasteiger partial charge in [0, 0.05) is 0 Å². The summed E-state index contributed by atoms with van der Waals surface area (Å²) < 4.78 is 0. The van der Waals surface area contributed by atoms with Crippen molar-refractivity contribution in [3.8, 4) is 44.5 Å². The Morgan fingerprint density at radius 2 is 0.725 bits per heavy atom. The van der Waals surface area contributed by atoms with Crippen LogP contribution in [0, 0.1) is 0 Å². The molecule has 40 heavy (non-hydrogen) atoms. The predicted molar refractivity (Wildman–Crippen MR) is 172 cm³/mol. The molecule has 0 heteroatoms. The minimum atomic E-state index is 1.25. The van der Waals surface area contributed by atoms with E-state index < -0.39 is 0 Å². The van der Waals surface area contributed by atoms with E-state index in [0.717, 1.165) is 0 Å². The molecular formula is C40H24. The Kier molecular flexibility index (Phi) is 4.42. The van der Waals surface area contributed by atoms with Crippen molar-refractivity contribution in [1.29, 1.82) is 0 Å². The van der Waals surface area contributed by atoms with Crippen LogP contribution in [0.15, 0.2) is 146 Å². The van der Waals surface area contributed by atoms with Crippen molar-refractivity contribution in [1.82, 2.24) is 0 Å². The minimum absolute atomic E-state index is 1.25. The first-order valence-electron chi connectivity index (χ1n) is 13.9. The van der Waals surface area contributed by atoms with Gasteiger partial charge in [-0.05, 0) is 118 Å². The Labute approximate surface area is 232 Å². The quantitative estimate of drug-likeness (QED) is 0.220. The monoisotopic (exact) mass is 504 g/mol. The minimum Gasteiger partial charge on any atom is -0.0616 e. The third-order valence-electron chi connectivity index (χ3n) is 8.74. The topological polar surface area (TPSA) is 0 Å². The Hall–Kier alpha value is -5.20. The fourth-order valence-corrected chi connectivity index (χ4v) is 6.76. The first-order valence-corrected chi connectivity index (χ1v) is 13.9. The van der Waals surface area contributed by atoms with Crippen molar-refractivity contribution in [2.45, 2.75) is 0 Å². The molecule has 0 aliphatic heterocycles. The molecule has 0 nitrogen and oxygen atoms in total. The molecule has 0 aromatic heterocycles. The van der Waals surface area contributed by atoms with E-state index in [4.69, 9.17) is 0 Å². The Morgan fingerprint density at radius 3 is 1.40 bits per heavy atom. The highest BCUT2D eigenvalue weighted by Gasteiger charge is 2.23. The summed E-state index contributed by atoms with van der Waals surface area (Å²) in [4.78, 5) is 0. The molecule has 0 fully saturated rings. The normalized spacial score (nSPS) is 12.0. The van der Waals surface area contributed by atoms with Crippen LogP contribution in [-0.2, 0) is 0 Å². The third-order valence-corrected chi connectivity index (χ3v) is 8.74. The molecule has 0 heterocycles. The van der Waals surface area contributed by atoms with Crippen LogP contribution in [0.1, 0.15) is 0 Å². The van der Waals surface area contributed by atoms with Crippen LogP contribution < -0.4 is 0 Å². The smallest absolute Gasteiger partial charge is 0.00201 e. The predicted octanol–water partition coefficient (Wildman–Crippen LogP) is 11.3. The Morgan fingerprint density at radius 1 is 0.250 bits per heavy atom. The number of rotatable bonds is 2. The van der Waals surface area contributed by atoms with Gasteiger partial charge in [-0.2, -0.15) is 0 Å². The van der Waals surface area contributed by atoms with Gasteiger partial charge in [-0.1, -0.05) is 115 Å². The van der Waals surface area contributed by atoms with E-state index in [-0.39, 0.29) is 0 Å². The fourth-order valence-electron chi connectivity index (χ4n) is 6.76. The molecule has 0 saturated carbocycles. The van der Waals surface area contributed by atoms with E-state index in [0.29, 0.717) is 0 Å². The molecule has 1 aliphatic rings. The number of benzene rings is 8. The summed E-state index contributed by atoms with van der Waals surface area (Å²) in [6.45, 7) is 0. The van der Waals surface area contributed by atoms with Gasteiger partial charge < -0.3 is 0 Å². The van der Waals surface area contributed by atoms with Gasteiger partial charge in [0.05, 0.1) is 0 Å². The van der Waals surface area contributed by atoms with Gasteiger partial charge in [-0.25, -0.2) is 0 Å². The molecule has 0 N–H and O–H groups in total. The number of hydrogen-bond acceptors (Lipinski definition) is 0. The van der Waals surface area contributed by atoms with Gasteiger partial charge in [-0.15, -0.1) is 0 Å². The van der Waals surface area contributed by atoms with Crippen molar-refractivity contribution in [3.63, 3.8) is 0 Å². The number of fused-ring (bicyclic) bond motifs is 6. The van der Waals surface area contributed by atoms with Crippen LogP contribution in [0.4, 0.5) is 0 Å². The second kappa shape index (κ2) is 8.15. The third kappa shape index (κ3) is 3.14. The highest BCUT2D eigenvalue weighted by atomic mass is 14.3. The maximum absolute atomic E-state index is 2.36. The van der Waals surface area contributed by atoms with E-state index in [1.165, 1.54) is 87.6 Å². The van der Waals surface area contributed by atoms with E-state index in [9.17, 15) is 0 Å². The van der Waals surface area contributed by atoms with Crippen molar-refractivity contribution in [2.75, 3.05) is 0 Å². The highest BCUT2D eigenvalue weighted by molar-refractivity contribution is 6.20. The largest absolute Gasteiger partial charge is 0.0616 e. The Bertz CT molecular complexity index is 2270. The molecule has 0 spiro atoms. The second-order valence-corrected chi connectivity index (χ2v) is 11.0. The van der Waals surface area contributed by atoms with Gasteiger partial charge in [0.25, 0.3) is 0 Å². The summed E-state index contributed by atoms with van der Waals surface area (Å²) in [5.41, 5.74) is 10.4. The van der Waals surface area contributed by atoms with Crippen LogP contribution in [-0.4, -0.2) is 0 Å². The van der Waals surface area contributed by atoms with E-state index in [2.05, 4.69) is 146 Å². The molecule has 1 aliphatic carbocycles. The van der Waals surface area contributed by atoms with Crippen molar-refractivity contribution >= 4 is 43.1 Å². The van der Waals surface area contributed by atoms with Crippen molar-refractivity contribution < 1.29 is 0 Å². The highest BCUT2D eigenvalue weighted by Crippen LogP contribution is 2.50. The summed E-state index contributed by atoms with van der Waals surface area (Å²) in [6, 6.07) is 53.9. The lowest BCUT2D eigenvalue weighted by Gasteiger charge is -2.11. The molecule has 0 saturated heterocycles. The van der Waals surface area contributed by atoms with Crippen LogP contribution in [0.2, 0.25) is 0 Å². The SMILES string of the molecule is c1ccc2cc(-c3ccc4cc(-c5ccc6c7c(cccc57)-c5cc7ccccc7cc5-6)ccc4c3)ccc2c1. The average molecular weight is 505 g/mol. The van der Waals surface area contributed by atoms with Crippen LogP contribution in [0.5, 0.6) is 0 Å². The zero-order valence-corrected chi connectivity index (χ0v) is 21.9. The molecule has 0 bridgehead atoms. The number of hydrogen-bond donors (Lipinski definition) is 0. The summed E-state index contributed by atoms with van der Waals surface area (Å²) >= 11 is 0. The van der Waals surface area contributed by atoms with Crippen molar-refractivity contribution in [3.05, 3.63) is 146 Å². The standard InChI is InChI=1S/C40H24/c1-2-7-26-20-29(13-12-25(26)6-1)30-14-15-32-22-33(17-16-31(32)21-30)34-18-19-37-39-24-28-9-4-3-8-27(28)23-38(39)36-11-5-10-35(34)40(36)37/h1-24H. The summed E-state index contributed by atoms with van der Waals surface area (Å²) in [5.74, 6) is 0. The summed E-state index contributed by atoms with van der Waals surface area (Å²) in [7, 11) is 0. The first kappa shape index (κ1) is 21.7. The van der Waals surface area contributed by atoms with E-state index >= 15 is 0 Å². The van der Waals surface area contributed by atoms with Gasteiger partial charge in [-0.3, -0.25) is 0 Å². The summed E-state index contributed by atoms with van der Waals surface area (Å²) in [5, 5.41) is 10.4. The Balaban J connectivity index is 1.17. The van der Waals surface area contributed by atoms with Crippen LogP contribution in [0.3, 0.4) is 0 Å². The molecule has 0 unspecified atom stereocenters. The van der Waals surface area contributed by atoms with Gasteiger partial charge in [0.2, 0.25) is 0 Å². The van der Waals surface area contributed by atoms with Crippen molar-refractivity contribution in [2.24, 2.45) is 0 Å². The molecule has 9 rings (SSSR count). The lowest BCUT2D eigenvalue weighted by atomic mass is 9.92. The van der Waals surface area contributed by atoms with Gasteiger partial charge in [0.1, 0.15) is 0 Å². The first-order chi connectivity index (χ1) is 19.8. The maximum Gasteiger partial charge on any atom is -0.00201 e. The molecule has 0 atom stereocenters. The van der Waals surface area contributed by atoms with Crippen LogP contribution >= 0.6 is 0 Å². The zero-order chi connectivity index (χ0) is 26.2. The maximum atomic E-state index is 2.36. The van der Waals surface area contributed by atoms with E-state index in [1.807, 2.05) is 0 Å². The van der Waals surface area contributed by atoms with E-state index in [1.54, 1.807) is 0 Å². The van der Waals surface area contributed by atoms with Crippen LogP contribution in [0.25, 0.3) is 87.6 Å². The fraction of sp³-hybridized carbons (Fsp3) is 0. The summed E-state index contributed by atoms with van der Waals surface area (Å²) in [6.07, 6.45) is 0. The van der Waals surface area contributed by atoms with Gasteiger partial charge in [0.15, 0.2) is 0 Å².